The van der Waals surface area contributed by atoms with E-state index in [2.05, 4.69) is 32.3 Å². The summed E-state index contributed by atoms with van der Waals surface area (Å²) in [4.78, 5) is 11.3. The minimum atomic E-state index is -0.569. The number of methoxy groups -OCH3 is 1. The smallest absolute Gasteiger partial charge is 0.238 e. The second-order valence-corrected chi connectivity index (χ2v) is 10.5. The molecule has 3 atom stereocenters. The van der Waals surface area contributed by atoms with Crippen LogP contribution in [-0.2, 0) is 16.1 Å². The van der Waals surface area contributed by atoms with Gasteiger partial charge in [-0.3, -0.25) is 0 Å². The lowest BCUT2D eigenvalue weighted by molar-refractivity contribution is -0.0328. The maximum atomic E-state index is 11.0. The van der Waals surface area contributed by atoms with E-state index < -0.39 is 6.10 Å². The first kappa shape index (κ1) is 27.4. The topological polar surface area (TPSA) is 98.2 Å². The lowest BCUT2D eigenvalue weighted by atomic mass is 9.85. The summed E-state index contributed by atoms with van der Waals surface area (Å²) in [6.45, 7) is 4.81. The van der Waals surface area contributed by atoms with E-state index in [4.69, 9.17) is 18.9 Å². The van der Waals surface area contributed by atoms with E-state index in [0.29, 0.717) is 37.9 Å². The predicted octanol–water partition coefficient (Wildman–Crippen LogP) is 4.29. The molecule has 4 aromatic rings. The van der Waals surface area contributed by atoms with E-state index in [1.807, 2.05) is 54.6 Å². The summed E-state index contributed by atoms with van der Waals surface area (Å²) in [5.41, 5.74) is 4.78. The Kier molecular flexibility index (Phi) is 8.57. The van der Waals surface area contributed by atoms with E-state index in [1.165, 1.54) is 0 Å². The van der Waals surface area contributed by atoms with Crippen molar-refractivity contribution >= 4 is 16.7 Å². The Morgan fingerprint density at radius 2 is 1.90 bits per heavy atom. The molecular weight excluding hydrogens is 520 g/mol. The van der Waals surface area contributed by atoms with Gasteiger partial charge < -0.3 is 34.3 Å². The largest absolute Gasteiger partial charge is 0.490 e. The predicted molar refractivity (Wildman–Crippen MR) is 157 cm³/mol. The van der Waals surface area contributed by atoms with Gasteiger partial charge in [0.25, 0.3) is 0 Å². The zero-order valence-corrected chi connectivity index (χ0v) is 23.2. The number of para-hydroxylation sites is 2. The van der Waals surface area contributed by atoms with Gasteiger partial charge in [0.15, 0.2) is 0 Å². The Morgan fingerprint density at radius 3 is 2.76 bits per heavy atom. The highest BCUT2D eigenvalue weighted by atomic mass is 16.5. The molecule has 3 aromatic carbocycles. The molecule has 9 nitrogen and oxygen atoms in total. The van der Waals surface area contributed by atoms with E-state index in [0.717, 1.165) is 59.7 Å². The van der Waals surface area contributed by atoms with Crippen molar-refractivity contribution in [2.75, 3.05) is 51.4 Å². The first-order valence-electron chi connectivity index (χ1n) is 14.2. The number of rotatable bonds is 10. The maximum Gasteiger partial charge on any atom is 0.238 e. The fraction of sp³-hybridized carbons (Fsp3) is 0.375. The van der Waals surface area contributed by atoms with Crippen molar-refractivity contribution in [1.82, 2.24) is 15.3 Å². The van der Waals surface area contributed by atoms with Crippen molar-refractivity contribution < 1.29 is 24.1 Å². The quantitative estimate of drug-likeness (QED) is 0.277. The molecule has 2 aliphatic heterocycles. The Balaban J connectivity index is 1.12. The van der Waals surface area contributed by atoms with E-state index >= 15 is 0 Å². The number of piperidine rings is 1. The highest BCUT2D eigenvalue weighted by Crippen LogP contribution is 2.34. The summed E-state index contributed by atoms with van der Waals surface area (Å²) in [6.07, 6.45) is 1.83. The van der Waals surface area contributed by atoms with Gasteiger partial charge in [0, 0.05) is 39.3 Å². The Bertz CT molecular complexity index is 1450. The second-order valence-electron chi connectivity index (χ2n) is 10.5. The SMILES string of the molecule is COCCCN1CCOc2ccc(COC3CNCC(O)C3c3ccc(Oc4cnc5ccccc5n4)cc3)cc21. The third-order valence-corrected chi connectivity index (χ3v) is 7.65. The Hall–Kier alpha value is -3.76. The Labute approximate surface area is 240 Å². The molecule has 0 aliphatic carbocycles. The fourth-order valence-corrected chi connectivity index (χ4v) is 5.59. The number of nitrogens with zero attached hydrogens (tertiary/aromatic N) is 3. The van der Waals surface area contributed by atoms with Crippen LogP contribution >= 0.6 is 0 Å². The van der Waals surface area contributed by atoms with E-state index in [-0.39, 0.29) is 12.0 Å². The van der Waals surface area contributed by atoms with Gasteiger partial charge in [-0.05, 0) is 53.9 Å². The standard InChI is InChI=1S/C32H36N4O5/c1-38-15-4-13-36-14-16-39-29-12-7-22(17-27(29)36)21-40-30-19-33-18-28(37)32(30)23-8-10-24(11-9-23)41-31-20-34-25-5-2-3-6-26(25)35-31/h2-3,5-12,17,20,28,30,32-33,37H,4,13-16,18-19,21H2,1H3. The van der Waals surface area contributed by atoms with Crippen molar-refractivity contribution in [3.63, 3.8) is 0 Å². The minimum absolute atomic E-state index is 0.169. The van der Waals surface area contributed by atoms with Crippen molar-refractivity contribution in [2.24, 2.45) is 0 Å². The summed E-state index contributed by atoms with van der Waals surface area (Å²) < 4.78 is 23.5. The molecule has 1 aromatic heterocycles. The van der Waals surface area contributed by atoms with Crippen molar-refractivity contribution in [1.29, 1.82) is 0 Å². The summed E-state index contributed by atoms with van der Waals surface area (Å²) >= 11 is 0. The molecule has 0 amide bonds. The molecule has 9 heteroatoms. The molecule has 0 saturated carbocycles. The molecule has 41 heavy (non-hydrogen) atoms. The number of nitrogens with one attached hydrogen (secondary N) is 1. The number of aliphatic hydroxyl groups is 1. The number of benzene rings is 3. The second kappa shape index (κ2) is 12.8. The van der Waals surface area contributed by atoms with Gasteiger partial charge in [0.1, 0.15) is 18.1 Å². The summed E-state index contributed by atoms with van der Waals surface area (Å²) in [5, 5.41) is 14.3. The molecule has 1 saturated heterocycles. The number of β-amino-alcohol motifs (C(OH)–C–C–N with tert-alkyl or cyclic N) is 1. The Morgan fingerprint density at radius 1 is 1.05 bits per heavy atom. The first-order chi connectivity index (χ1) is 20.2. The molecule has 3 unspecified atom stereocenters. The molecular formula is C32H36N4O5. The number of fused-ring (bicyclic) bond motifs is 2. The molecule has 0 radical (unpaired) electrons. The zero-order chi connectivity index (χ0) is 28.0. The first-order valence-corrected chi connectivity index (χ1v) is 14.2. The van der Waals surface area contributed by atoms with Gasteiger partial charge >= 0.3 is 0 Å². The molecule has 1 fully saturated rings. The van der Waals surface area contributed by atoms with Crippen LogP contribution < -0.4 is 19.7 Å². The fourth-order valence-electron chi connectivity index (χ4n) is 5.59. The third kappa shape index (κ3) is 6.44. The average molecular weight is 557 g/mol. The number of aromatic nitrogens is 2. The monoisotopic (exact) mass is 556 g/mol. The molecule has 0 spiro atoms. The zero-order valence-electron chi connectivity index (χ0n) is 23.2. The van der Waals surface area contributed by atoms with Crippen molar-refractivity contribution in [3.05, 3.63) is 84.1 Å². The summed E-state index contributed by atoms with van der Waals surface area (Å²) in [7, 11) is 1.73. The van der Waals surface area contributed by atoms with Gasteiger partial charge in [0.05, 0.1) is 48.3 Å². The highest BCUT2D eigenvalue weighted by molar-refractivity contribution is 5.74. The lowest BCUT2D eigenvalue weighted by Gasteiger charge is -2.36. The minimum Gasteiger partial charge on any atom is -0.490 e. The van der Waals surface area contributed by atoms with Crippen LogP contribution in [-0.4, -0.2) is 73.8 Å². The van der Waals surface area contributed by atoms with Crippen molar-refractivity contribution in [3.8, 4) is 17.4 Å². The molecule has 6 rings (SSSR count). The van der Waals surface area contributed by atoms with Crippen molar-refractivity contribution in [2.45, 2.75) is 31.2 Å². The van der Waals surface area contributed by atoms with Crippen LogP contribution in [0.5, 0.6) is 17.4 Å². The van der Waals surface area contributed by atoms with E-state index in [9.17, 15) is 5.11 Å². The molecule has 2 aliphatic rings. The summed E-state index contributed by atoms with van der Waals surface area (Å²) in [5.74, 6) is 1.83. The maximum absolute atomic E-state index is 11.0. The summed E-state index contributed by atoms with van der Waals surface area (Å²) in [6, 6.07) is 21.7. The highest BCUT2D eigenvalue weighted by Gasteiger charge is 2.34. The van der Waals surface area contributed by atoms with Crippen LogP contribution in [0.3, 0.4) is 0 Å². The van der Waals surface area contributed by atoms with Crippen LogP contribution in [0.25, 0.3) is 11.0 Å². The third-order valence-electron chi connectivity index (χ3n) is 7.65. The normalized spacial score (nSPS) is 20.4. The number of anilines is 1. The number of hydrogen-bond acceptors (Lipinski definition) is 9. The van der Waals surface area contributed by atoms with Gasteiger partial charge in [-0.25, -0.2) is 9.97 Å². The number of hydrogen-bond donors (Lipinski definition) is 2. The van der Waals surface area contributed by atoms with E-state index in [1.54, 1.807) is 13.3 Å². The lowest BCUT2D eigenvalue weighted by Crippen LogP contribution is -2.49. The number of aliphatic hydroxyl groups excluding tert-OH is 1. The molecule has 0 bridgehead atoms. The molecule has 3 heterocycles. The van der Waals surface area contributed by atoms with Gasteiger partial charge in [-0.1, -0.05) is 30.3 Å². The van der Waals surface area contributed by atoms with Crippen LogP contribution in [0.4, 0.5) is 5.69 Å². The van der Waals surface area contributed by atoms with Gasteiger partial charge in [-0.2, -0.15) is 0 Å². The van der Waals surface area contributed by atoms with Gasteiger partial charge in [0.2, 0.25) is 5.88 Å². The molecule has 214 valence electrons. The van der Waals surface area contributed by atoms with Crippen LogP contribution in [0, 0.1) is 0 Å². The van der Waals surface area contributed by atoms with Gasteiger partial charge in [-0.15, -0.1) is 0 Å². The molecule has 2 N–H and O–H groups in total. The number of ether oxygens (including phenoxy) is 4. The van der Waals surface area contributed by atoms with Crippen LogP contribution in [0.2, 0.25) is 0 Å². The van der Waals surface area contributed by atoms with Crippen LogP contribution in [0.1, 0.15) is 23.5 Å². The van der Waals surface area contributed by atoms with Crippen LogP contribution in [0.15, 0.2) is 72.9 Å². The average Bonchev–Trinajstić information content (AvgIpc) is 3.01.